The maximum Gasteiger partial charge on any atom is 0.227 e. The van der Waals surface area contributed by atoms with Gasteiger partial charge in [0.2, 0.25) is 5.91 Å². The van der Waals surface area contributed by atoms with Gasteiger partial charge in [-0.1, -0.05) is 23.5 Å². The first-order valence-corrected chi connectivity index (χ1v) is 9.23. The van der Waals surface area contributed by atoms with Crippen molar-refractivity contribution >= 4 is 32.6 Å². The highest BCUT2D eigenvalue weighted by atomic mass is 32.1. The van der Waals surface area contributed by atoms with E-state index >= 15 is 0 Å². The highest BCUT2D eigenvalue weighted by Crippen LogP contribution is 2.29. The summed E-state index contributed by atoms with van der Waals surface area (Å²) in [6, 6.07) is 10.6. The number of piperazine rings is 1. The smallest absolute Gasteiger partial charge is 0.227 e. The van der Waals surface area contributed by atoms with Crippen molar-refractivity contribution in [2.24, 2.45) is 0 Å². The molecular weight excluding hydrogens is 356 g/mol. The molecule has 4 rings (SSSR count). The van der Waals surface area contributed by atoms with Crippen LogP contribution in [0.5, 0.6) is 0 Å². The van der Waals surface area contributed by atoms with Gasteiger partial charge in [0, 0.05) is 26.2 Å². The SMILES string of the molecule is O=C(Cc1ccc(F)cc1)N1CCN(c2nc3ccc(F)cc3s2)CC1. The fraction of sp³-hybridized carbons (Fsp3) is 0.263. The fourth-order valence-corrected chi connectivity index (χ4v) is 4.10. The molecular formula is C19H17F2N3OS. The average molecular weight is 373 g/mol. The van der Waals surface area contributed by atoms with Gasteiger partial charge in [-0.15, -0.1) is 0 Å². The zero-order chi connectivity index (χ0) is 18.1. The van der Waals surface area contributed by atoms with Crippen molar-refractivity contribution in [2.45, 2.75) is 6.42 Å². The molecule has 0 N–H and O–H groups in total. The van der Waals surface area contributed by atoms with Gasteiger partial charge >= 0.3 is 0 Å². The fourth-order valence-electron chi connectivity index (χ4n) is 3.06. The van der Waals surface area contributed by atoms with Crippen LogP contribution in [0.3, 0.4) is 0 Å². The van der Waals surface area contributed by atoms with Crippen LogP contribution in [-0.2, 0) is 11.2 Å². The summed E-state index contributed by atoms with van der Waals surface area (Å²) in [6.07, 6.45) is 0.278. The molecule has 0 atom stereocenters. The van der Waals surface area contributed by atoms with Gasteiger partial charge in [0.1, 0.15) is 11.6 Å². The Hall–Kier alpha value is -2.54. The van der Waals surface area contributed by atoms with E-state index < -0.39 is 0 Å². The Bertz CT molecular complexity index is 934. The zero-order valence-electron chi connectivity index (χ0n) is 14.0. The van der Waals surface area contributed by atoms with E-state index in [0.29, 0.717) is 26.2 Å². The van der Waals surface area contributed by atoms with Gasteiger partial charge in [0.15, 0.2) is 5.13 Å². The first kappa shape index (κ1) is 16.9. The third kappa shape index (κ3) is 3.53. The van der Waals surface area contributed by atoms with Crippen LogP contribution in [0.25, 0.3) is 10.2 Å². The molecule has 2 heterocycles. The molecule has 3 aromatic rings. The van der Waals surface area contributed by atoms with Crippen LogP contribution in [0.2, 0.25) is 0 Å². The molecule has 1 amide bonds. The lowest BCUT2D eigenvalue weighted by atomic mass is 10.1. The lowest BCUT2D eigenvalue weighted by molar-refractivity contribution is -0.130. The average Bonchev–Trinajstić information content (AvgIpc) is 3.07. The monoisotopic (exact) mass is 373 g/mol. The summed E-state index contributed by atoms with van der Waals surface area (Å²) < 4.78 is 27.1. The van der Waals surface area contributed by atoms with E-state index in [1.165, 1.54) is 35.6 Å². The van der Waals surface area contributed by atoms with Crippen LogP contribution in [0, 0.1) is 11.6 Å². The van der Waals surface area contributed by atoms with Gasteiger partial charge in [-0.25, -0.2) is 13.8 Å². The lowest BCUT2D eigenvalue weighted by Crippen LogP contribution is -2.49. The van der Waals surface area contributed by atoms with Crippen LogP contribution < -0.4 is 4.90 Å². The highest BCUT2D eigenvalue weighted by Gasteiger charge is 2.23. The number of hydrogen-bond donors (Lipinski definition) is 0. The summed E-state index contributed by atoms with van der Waals surface area (Å²) in [5.74, 6) is -0.517. The number of carbonyl (C=O) groups excluding carboxylic acids is 1. The third-order valence-electron chi connectivity index (χ3n) is 4.51. The van der Waals surface area contributed by atoms with Crippen molar-refractivity contribution in [3.8, 4) is 0 Å². The molecule has 0 bridgehead atoms. The number of thiazole rings is 1. The second kappa shape index (κ2) is 6.99. The molecule has 134 valence electrons. The summed E-state index contributed by atoms with van der Waals surface area (Å²) in [6.45, 7) is 2.61. The van der Waals surface area contributed by atoms with E-state index in [1.54, 1.807) is 18.2 Å². The molecule has 0 saturated carbocycles. The van der Waals surface area contributed by atoms with Gasteiger partial charge < -0.3 is 9.80 Å². The number of nitrogens with zero attached hydrogens (tertiary/aromatic N) is 3. The molecule has 7 heteroatoms. The zero-order valence-corrected chi connectivity index (χ0v) is 14.8. The molecule has 0 unspecified atom stereocenters. The van der Waals surface area contributed by atoms with E-state index in [9.17, 15) is 13.6 Å². The molecule has 1 aliphatic rings. The normalized spacial score (nSPS) is 14.8. The minimum absolute atomic E-state index is 0.0441. The Balaban J connectivity index is 1.38. The van der Waals surface area contributed by atoms with Gasteiger partial charge in [0.05, 0.1) is 16.6 Å². The van der Waals surface area contributed by atoms with E-state index in [2.05, 4.69) is 9.88 Å². The number of benzene rings is 2. The number of amides is 1. The van der Waals surface area contributed by atoms with Crippen LogP contribution in [0.4, 0.5) is 13.9 Å². The number of halogens is 2. The van der Waals surface area contributed by atoms with Crippen molar-refractivity contribution in [3.63, 3.8) is 0 Å². The second-order valence-corrected chi connectivity index (χ2v) is 7.29. The van der Waals surface area contributed by atoms with Crippen LogP contribution in [0.15, 0.2) is 42.5 Å². The minimum Gasteiger partial charge on any atom is -0.345 e. The molecule has 26 heavy (non-hydrogen) atoms. The van der Waals surface area contributed by atoms with Crippen molar-refractivity contribution in [1.29, 1.82) is 0 Å². The molecule has 0 radical (unpaired) electrons. The lowest BCUT2D eigenvalue weighted by Gasteiger charge is -2.34. The Labute approximate surface area is 153 Å². The number of rotatable bonds is 3. The predicted molar refractivity (Wildman–Crippen MR) is 98.5 cm³/mol. The molecule has 0 spiro atoms. The van der Waals surface area contributed by atoms with E-state index in [0.717, 1.165) is 20.9 Å². The maximum absolute atomic E-state index is 13.3. The van der Waals surface area contributed by atoms with Crippen molar-refractivity contribution in [2.75, 3.05) is 31.1 Å². The van der Waals surface area contributed by atoms with Gasteiger partial charge in [-0.05, 0) is 35.9 Å². The van der Waals surface area contributed by atoms with Crippen molar-refractivity contribution < 1.29 is 13.6 Å². The number of anilines is 1. The Morgan fingerprint density at radius 2 is 1.69 bits per heavy atom. The molecule has 1 saturated heterocycles. The van der Waals surface area contributed by atoms with Gasteiger partial charge in [-0.3, -0.25) is 4.79 Å². The topological polar surface area (TPSA) is 36.4 Å². The number of hydrogen-bond acceptors (Lipinski definition) is 4. The quantitative estimate of drug-likeness (QED) is 0.705. The second-order valence-electron chi connectivity index (χ2n) is 6.28. The Morgan fingerprint density at radius 1 is 1.00 bits per heavy atom. The molecule has 0 aliphatic carbocycles. The van der Waals surface area contributed by atoms with E-state index in [-0.39, 0.29) is 24.0 Å². The Kier molecular flexibility index (Phi) is 4.55. The Morgan fingerprint density at radius 3 is 2.42 bits per heavy atom. The summed E-state index contributed by atoms with van der Waals surface area (Å²) in [5.41, 5.74) is 1.60. The largest absolute Gasteiger partial charge is 0.345 e. The summed E-state index contributed by atoms with van der Waals surface area (Å²) in [5, 5.41) is 0.858. The van der Waals surface area contributed by atoms with Crippen molar-refractivity contribution in [1.82, 2.24) is 9.88 Å². The van der Waals surface area contributed by atoms with Gasteiger partial charge in [-0.2, -0.15) is 0 Å². The third-order valence-corrected chi connectivity index (χ3v) is 5.59. The molecule has 1 fully saturated rings. The molecule has 1 aliphatic heterocycles. The number of fused-ring (bicyclic) bond motifs is 1. The summed E-state index contributed by atoms with van der Waals surface area (Å²) in [7, 11) is 0. The number of carbonyl (C=O) groups is 1. The summed E-state index contributed by atoms with van der Waals surface area (Å²) >= 11 is 1.47. The van der Waals surface area contributed by atoms with Crippen molar-refractivity contribution in [3.05, 3.63) is 59.7 Å². The molecule has 2 aromatic carbocycles. The minimum atomic E-state index is -0.300. The van der Waals surface area contributed by atoms with Gasteiger partial charge in [0.25, 0.3) is 0 Å². The van der Waals surface area contributed by atoms with E-state index in [1.807, 2.05) is 4.90 Å². The standard InChI is InChI=1S/C19H17F2N3OS/c20-14-3-1-13(2-4-14)11-18(25)23-7-9-24(10-8-23)19-22-16-6-5-15(21)12-17(16)26-19/h1-6,12H,7-11H2. The van der Waals surface area contributed by atoms with Crippen LogP contribution in [-0.4, -0.2) is 42.0 Å². The first-order chi connectivity index (χ1) is 12.6. The van der Waals surface area contributed by atoms with Crippen LogP contribution >= 0.6 is 11.3 Å². The molecule has 4 nitrogen and oxygen atoms in total. The predicted octanol–water partition coefficient (Wildman–Crippen LogP) is 3.47. The first-order valence-electron chi connectivity index (χ1n) is 8.42. The summed E-state index contributed by atoms with van der Waals surface area (Å²) in [4.78, 5) is 21.0. The highest BCUT2D eigenvalue weighted by molar-refractivity contribution is 7.22. The molecule has 1 aromatic heterocycles. The number of aromatic nitrogens is 1. The van der Waals surface area contributed by atoms with Crippen LogP contribution in [0.1, 0.15) is 5.56 Å². The maximum atomic E-state index is 13.3. The van der Waals surface area contributed by atoms with E-state index in [4.69, 9.17) is 0 Å².